The molecule has 0 saturated heterocycles. The highest BCUT2D eigenvalue weighted by Crippen LogP contribution is 2.33. The topological polar surface area (TPSA) is 20.3 Å². The van der Waals surface area contributed by atoms with Crippen molar-refractivity contribution in [2.75, 3.05) is 4.90 Å². The van der Waals surface area contributed by atoms with Crippen molar-refractivity contribution in [3.05, 3.63) is 63.6 Å². The van der Waals surface area contributed by atoms with Gasteiger partial charge in [0, 0.05) is 16.2 Å². The number of fused-ring (bicyclic) bond motifs is 1. The van der Waals surface area contributed by atoms with E-state index in [1.807, 2.05) is 48.2 Å². The minimum absolute atomic E-state index is 0.0743. The maximum atomic E-state index is 13.0. The average Bonchev–Trinajstić information content (AvgIpc) is 2.49. The Morgan fingerprint density at radius 3 is 2.81 bits per heavy atom. The molecular weight excluding hydrogens is 326 g/mol. The predicted molar refractivity (Wildman–Crippen MR) is 89.9 cm³/mol. The number of amides is 1. The van der Waals surface area contributed by atoms with Crippen LogP contribution in [0.15, 0.2) is 46.9 Å². The van der Waals surface area contributed by atoms with Crippen LogP contribution in [0.5, 0.6) is 0 Å². The Labute approximate surface area is 133 Å². The largest absolute Gasteiger partial charge is 0.305 e. The van der Waals surface area contributed by atoms with Crippen molar-refractivity contribution in [3.8, 4) is 0 Å². The molecule has 1 unspecified atom stereocenters. The van der Waals surface area contributed by atoms with Crippen LogP contribution in [0.3, 0.4) is 0 Å². The Morgan fingerprint density at radius 2 is 2.00 bits per heavy atom. The van der Waals surface area contributed by atoms with Crippen LogP contribution in [0.1, 0.15) is 34.8 Å². The second-order valence-electron chi connectivity index (χ2n) is 5.67. The highest BCUT2D eigenvalue weighted by atomic mass is 79.9. The number of benzene rings is 2. The number of hydrogen-bond acceptors (Lipinski definition) is 1. The van der Waals surface area contributed by atoms with Gasteiger partial charge in [0.15, 0.2) is 0 Å². The first-order valence-electron chi connectivity index (χ1n) is 7.25. The zero-order valence-corrected chi connectivity index (χ0v) is 13.9. The highest BCUT2D eigenvalue weighted by Gasteiger charge is 2.29. The lowest BCUT2D eigenvalue weighted by Gasteiger charge is -2.35. The molecule has 108 valence electrons. The van der Waals surface area contributed by atoms with Crippen LogP contribution in [0.25, 0.3) is 0 Å². The van der Waals surface area contributed by atoms with E-state index < -0.39 is 0 Å². The van der Waals surface area contributed by atoms with E-state index in [4.69, 9.17) is 0 Å². The molecule has 1 amide bonds. The first-order chi connectivity index (χ1) is 10.1. The van der Waals surface area contributed by atoms with E-state index in [1.54, 1.807) is 0 Å². The molecular formula is C18H18BrNO. The maximum Gasteiger partial charge on any atom is 0.259 e. The number of hydrogen-bond donors (Lipinski definition) is 0. The summed E-state index contributed by atoms with van der Waals surface area (Å²) in [6, 6.07) is 14.3. The molecule has 1 atom stereocenters. The summed E-state index contributed by atoms with van der Waals surface area (Å²) in [4.78, 5) is 15.0. The first kappa shape index (κ1) is 14.3. The molecule has 0 N–H and O–H groups in total. The van der Waals surface area contributed by atoms with Crippen molar-refractivity contribution in [2.45, 2.75) is 32.7 Å². The van der Waals surface area contributed by atoms with E-state index in [0.29, 0.717) is 0 Å². The molecule has 0 aliphatic carbocycles. The lowest BCUT2D eigenvalue weighted by molar-refractivity contribution is 0.0974. The Morgan fingerprint density at radius 1 is 1.24 bits per heavy atom. The summed E-state index contributed by atoms with van der Waals surface area (Å²) in [5.41, 5.74) is 4.14. The maximum absolute atomic E-state index is 13.0. The van der Waals surface area contributed by atoms with E-state index in [0.717, 1.165) is 34.1 Å². The smallest absolute Gasteiger partial charge is 0.259 e. The van der Waals surface area contributed by atoms with E-state index in [1.165, 1.54) is 5.56 Å². The molecule has 21 heavy (non-hydrogen) atoms. The Kier molecular flexibility index (Phi) is 3.85. The molecule has 1 aliphatic rings. The van der Waals surface area contributed by atoms with E-state index >= 15 is 0 Å². The van der Waals surface area contributed by atoms with Crippen LogP contribution in [-0.2, 0) is 6.42 Å². The van der Waals surface area contributed by atoms with Crippen molar-refractivity contribution in [2.24, 2.45) is 0 Å². The Hall–Kier alpha value is -1.61. The molecule has 1 aliphatic heterocycles. The molecule has 2 aromatic rings. The Balaban J connectivity index is 2.07. The SMILES string of the molecule is Cc1ccc(Br)c(C(=O)N2c3ccccc3CCC2C)c1. The third-order valence-electron chi connectivity index (χ3n) is 4.09. The van der Waals surface area contributed by atoms with Crippen LogP contribution in [-0.4, -0.2) is 11.9 Å². The van der Waals surface area contributed by atoms with Gasteiger partial charge in [-0.2, -0.15) is 0 Å². The van der Waals surface area contributed by atoms with Crippen LogP contribution in [0.4, 0.5) is 5.69 Å². The van der Waals surface area contributed by atoms with Gasteiger partial charge in [0.1, 0.15) is 0 Å². The molecule has 2 nitrogen and oxygen atoms in total. The third kappa shape index (κ3) is 2.62. The highest BCUT2D eigenvalue weighted by molar-refractivity contribution is 9.10. The van der Waals surface area contributed by atoms with Gasteiger partial charge in [-0.1, -0.05) is 29.8 Å². The zero-order valence-electron chi connectivity index (χ0n) is 12.3. The number of carbonyl (C=O) groups is 1. The van der Waals surface area contributed by atoms with Crippen molar-refractivity contribution < 1.29 is 4.79 Å². The monoisotopic (exact) mass is 343 g/mol. The first-order valence-corrected chi connectivity index (χ1v) is 8.05. The van der Waals surface area contributed by atoms with Gasteiger partial charge < -0.3 is 4.90 Å². The number of halogens is 1. The molecule has 2 aromatic carbocycles. The van der Waals surface area contributed by atoms with Crippen molar-refractivity contribution in [1.82, 2.24) is 0 Å². The summed E-state index contributed by atoms with van der Waals surface area (Å²) < 4.78 is 0.855. The summed E-state index contributed by atoms with van der Waals surface area (Å²) in [6.07, 6.45) is 2.04. The van der Waals surface area contributed by atoms with Crippen LogP contribution in [0.2, 0.25) is 0 Å². The van der Waals surface area contributed by atoms with Gasteiger partial charge in [-0.05, 0) is 66.4 Å². The fraction of sp³-hybridized carbons (Fsp3) is 0.278. The summed E-state index contributed by atoms with van der Waals surface area (Å²) >= 11 is 3.51. The molecule has 3 rings (SSSR count). The molecule has 0 spiro atoms. The van der Waals surface area contributed by atoms with Crippen LogP contribution >= 0.6 is 15.9 Å². The number of carbonyl (C=O) groups excluding carboxylic acids is 1. The zero-order chi connectivity index (χ0) is 15.0. The summed E-state index contributed by atoms with van der Waals surface area (Å²) in [6.45, 7) is 4.13. The third-order valence-corrected chi connectivity index (χ3v) is 4.79. The summed E-state index contributed by atoms with van der Waals surface area (Å²) in [5.74, 6) is 0.0743. The lowest BCUT2D eigenvalue weighted by atomic mass is 9.95. The van der Waals surface area contributed by atoms with E-state index in [2.05, 4.69) is 28.9 Å². The summed E-state index contributed by atoms with van der Waals surface area (Å²) in [7, 11) is 0. The fourth-order valence-electron chi connectivity index (χ4n) is 2.93. The second kappa shape index (κ2) is 5.64. The van der Waals surface area contributed by atoms with Crippen molar-refractivity contribution in [3.63, 3.8) is 0 Å². The number of nitrogens with zero attached hydrogens (tertiary/aromatic N) is 1. The second-order valence-corrected chi connectivity index (χ2v) is 6.53. The van der Waals surface area contributed by atoms with Crippen LogP contribution in [0, 0.1) is 6.92 Å². The van der Waals surface area contributed by atoms with Crippen molar-refractivity contribution in [1.29, 1.82) is 0 Å². The molecule has 1 heterocycles. The molecule has 0 saturated carbocycles. The molecule has 0 aromatic heterocycles. The normalized spacial score (nSPS) is 17.5. The van der Waals surface area contributed by atoms with Gasteiger partial charge in [-0.25, -0.2) is 0 Å². The van der Waals surface area contributed by atoms with Gasteiger partial charge in [-0.3, -0.25) is 4.79 Å². The van der Waals surface area contributed by atoms with Gasteiger partial charge >= 0.3 is 0 Å². The molecule has 0 bridgehead atoms. The molecule has 0 fully saturated rings. The van der Waals surface area contributed by atoms with E-state index in [-0.39, 0.29) is 11.9 Å². The fourth-order valence-corrected chi connectivity index (χ4v) is 3.35. The number of aryl methyl sites for hydroxylation is 2. The summed E-state index contributed by atoms with van der Waals surface area (Å²) in [5, 5.41) is 0. The molecule has 0 radical (unpaired) electrons. The predicted octanol–water partition coefficient (Wildman–Crippen LogP) is 4.74. The quantitative estimate of drug-likeness (QED) is 0.732. The minimum atomic E-state index is 0.0743. The lowest BCUT2D eigenvalue weighted by Crippen LogP contribution is -2.42. The van der Waals surface area contributed by atoms with E-state index in [9.17, 15) is 4.79 Å². The molecule has 3 heteroatoms. The number of anilines is 1. The number of para-hydroxylation sites is 1. The van der Waals surface area contributed by atoms with Crippen LogP contribution < -0.4 is 4.90 Å². The minimum Gasteiger partial charge on any atom is -0.305 e. The average molecular weight is 344 g/mol. The number of rotatable bonds is 1. The standard InChI is InChI=1S/C18H18BrNO/c1-12-7-10-16(19)15(11-12)18(21)20-13(2)8-9-14-5-3-4-6-17(14)20/h3-7,10-11,13H,8-9H2,1-2H3. The van der Waals surface area contributed by atoms with Crippen molar-refractivity contribution >= 4 is 27.5 Å². The van der Waals surface area contributed by atoms with Gasteiger partial charge in [0.2, 0.25) is 0 Å². The van der Waals surface area contributed by atoms with Gasteiger partial charge in [0.05, 0.1) is 5.56 Å². The van der Waals surface area contributed by atoms with Gasteiger partial charge in [0.25, 0.3) is 5.91 Å². The van der Waals surface area contributed by atoms with Gasteiger partial charge in [-0.15, -0.1) is 0 Å². The Bertz CT molecular complexity index is 695.